The molecule has 0 amide bonds. The van der Waals surface area contributed by atoms with Crippen LogP contribution in [-0.4, -0.2) is 62.4 Å². The molecule has 0 saturated heterocycles. The minimum Gasteiger partial charge on any atom is -0.497 e. The Bertz CT molecular complexity index is 865. The standard InChI is InChI=1S/C26H35NO6/c1-27(2)18-23(33-26(30)11-7-6-10-25(28)29)19-32-24-9-5-4-8-21(24)15-12-20-13-16-22(31-3)17-14-20/h4-5,8-9,13-14,16-17,23H,6-7,10-12,15,18-19H2,1-3H3,(H,28,29)/t23-/m0/s1. The molecule has 0 saturated carbocycles. The van der Waals surface area contributed by atoms with E-state index < -0.39 is 12.1 Å². The minimum atomic E-state index is -0.854. The highest BCUT2D eigenvalue weighted by Crippen LogP contribution is 2.21. The van der Waals surface area contributed by atoms with Crippen molar-refractivity contribution in [3.8, 4) is 11.5 Å². The van der Waals surface area contributed by atoms with Gasteiger partial charge in [-0.2, -0.15) is 0 Å². The van der Waals surface area contributed by atoms with E-state index in [-0.39, 0.29) is 25.4 Å². The molecule has 2 aromatic carbocycles. The van der Waals surface area contributed by atoms with Crippen molar-refractivity contribution in [2.24, 2.45) is 0 Å². The Hall–Kier alpha value is -3.06. The summed E-state index contributed by atoms with van der Waals surface area (Å²) in [7, 11) is 5.48. The lowest BCUT2D eigenvalue weighted by atomic mass is 10.0. The number of hydrogen-bond donors (Lipinski definition) is 1. The van der Waals surface area contributed by atoms with E-state index in [1.54, 1.807) is 7.11 Å². The van der Waals surface area contributed by atoms with Gasteiger partial charge in [0.1, 0.15) is 24.2 Å². The fourth-order valence-corrected chi connectivity index (χ4v) is 3.43. The number of para-hydroxylation sites is 1. The number of carboxylic acids is 1. The van der Waals surface area contributed by atoms with Crippen LogP contribution >= 0.6 is 0 Å². The average Bonchev–Trinajstić information content (AvgIpc) is 2.79. The SMILES string of the molecule is COc1ccc(CCc2ccccc2OC[C@H](CN(C)C)OC(=O)CCCCC(=O)O)cc1. The van der Waals surface area contributed by atoms with Crippen LogP contribution in [0.2, 0.25) is 0 Å². The lowest BCUT2D eigenvalue weighted by Gasteiger charge is -2.22. The maximum atomic E-state index is 12.2. The highest BCUT2D eigenvalue weighted by molar-refractivity contribution is 5.70. The number of rotatable bonds is 15. The number of likely N-dealkylation sites (N-methyl/N-ethyl adjacent to an activating group) is 1. The van der Waals surface area contributed by atoms with Crippen LogP contribution in [0.15, 0.2) is 48.5 Å². The zero-order valence-electron chi connectivity index (χ0n) is 19.8. The summed E-state index contributed by atoms with van der Waals surface area (Å²) in [4.78, 5) is 24.8. The quantitative estimate of drug-likeness (QED) is 0.320. The van der Waals surface area contributed by atoms with Gasteiger partial charge in [0.2, 0.25) is 0 Å². The summed E-state index contributed by atoms with van der Waals surface area (Å²) in [5.74, 6) is 0.440. The summed E-state index contributed by atoms with van der Waals surface area (Å²) in [6.07, 6.45) is 2.50. The number of carbonyl (C=O) groups excluding carboxylic acids is 1. The molecule has 0 aliphatic carbocycles. The monoisotopic (exact) mass is 457 g/mol. The second-order valence-electron chi connectivity index (χ2n) is 8.24. The second-order valence-corrected chi connectivity index (χ2v) is 8.24. The molecule has 0 aliphatic rings. The van der Waals surface area contributed by atoms with Crippen LogP contribution in [0.5, 0.6) is 11.5 Å². The molecule has 7 heteroatoms. The van der Waals surface area contributed by atoms with E-state index in [1.165, 1.54) is 5.56 Å². The first-order chi connectivity index (χ1) is 15.9. The maximum Gasteiger partial charge on any atom is 0.306 e. The first-order valence-corrected chi connectivity index (χ1v) is 11.3. The van der Waals surface area contributed by atoms with Crippen molar-refractivity contribution >= 4 is 11.9 Å². The van der Waals surface area contributed by atoms with E-state index in [0.717, 1.165) is 29.9 Å². The molecule has 7 nitrogen and oxygen atoms in total. The molecule has 0 radical (unpaired) electrons. The number of unbranched alkanes of at least 4 members (excludes halogenated alkanes) is 1. The number of hydrogen-bond acceptors (Lipinski definition) is 6. The Morgan fingerprint density at radius 1 is 0.970 bits per heavy atom. The lowest BCUT2D eigenvalue weighted by molar-refractivity contribution is -0.151. The Labute approximate surface area is 196 Å². The zero-order chi connectivity index (χ0) is 24.1. The zero-order valence-corrected chi connectivity index (χ0v) is 19.8. The van der Waals surface area contributed by atoms with Gasteiger partial charge in [0, 0.05) is 19.4 Å². The van der Waals surface area contributed by atoms with Gasteiger partial charge in [0.25, 0.3) is 0 Å². The van der Waals surface area contributed by atoms with E-state index in [9.17, 15) is 9.59 Å². The molecule has 0 bridgehead atoms. The predicted octanol–water partition coefficient (Wildman–Crippen LogP) is 3.98. The van der Waals surface area contributed by atoms with Crippen molar-refractivity contribution in [1.82, 2.24) is 4.90 Å². The molecule has 0 spiro atoms. The smallest absolute Gasteiger partial charge is 0.306 e. The Morgan fingerprint density at radius 3 is 2.33 bits per heavy atom. The average molecular weight is 458 g/mol. The van der Waals surface area contributed by atoms with E-state index in [1.807, 2.05) is 55.4 Å². The third-order valence-electron chi connectivity index (χ3n) is 5.13. The molecular formula is C26H35NO6. The summed E-state index contributed by atoms with van der Waals surface area (Å²) in [5.41, 5.74) is 2.31. The number of aliphatic carboxylic acids is 1. The number of benzene rings is 2. The van der Waals surface area contributed by atoms with Crippen LogP contribution in [0.3, 0.4) is 0 Å². The number of ether oxygens (including phenoxy) is 3. The largest absolute Gasteiger partial charge is 0.497 e. The van der Waals surface area contributed by atoms with E-state index in [2.05, 4.69) is 12.1 Å². The molecule has 0 aromatic heterocycles. The van der Waals surface area contributed by atoms with Gasteiger partial charge >= 0.3 is 11.9 Å². The molecular weight excluding hydrogens is 422 g/mol. The van der Waals surface area contributed by atoms with Crippen molar-refractivity contribution in [3.63, 3.8) is 0 Å². The maximum absolute atomic E-state index is 12.2. The van der Waals surface area contributed by atoms with Crippen molar-refractivity contribution in [2.75, 3.05) is 34.4 Å². The number of carbonyl (C=O) groups is 2. The minimum absolute atomic E-state index is 0.0603. The Morgan fingerprint density at radius 2 is 1.67 bits per heavy atom. The first-order valence-electron chi connectivity index (χ1n) is 11.3. The van der Waals surface area contributed by atoms with Crippen molar-refractivity contribution < 1.29 is 28.9 Å². The molecule has 180 valence electrons. The number of aryl methyl sites for hydroxylation is 2. The van der Waals surface area contributed by atoms with Crippen LogP contribution in [0.25, 0.3) is 0 Å². The highest BCUT2D eigenvalue weighted by Gasteiger charge is 2.17. The fraction of sp³-hybridized carbons (Fsp3) is 0.462. The van der Waals surface area contributed by atoms with Crippen LogP contribution in [0, 0.1) is 0 Å². The highest BCUT2D eigenvalue weighted by atomic mass is 16.6. The summed E-state index contributed by atoms with van der Waals surface area (Å²) in [6, 6.07) is 15.9. The van der Waals surface area contributed by atoms with Crippen molar-refractivity contribution in [3.05, 3.63) is 59.7 Å². The molecule has 0 fully saturated rings. The second kappa shape index (κ2) is 14.2. The van der Waals surface area contributed by atoms with Gasteiger partial charge in [-0.25, -0.2) is 0 Å². The van der Waals surface area contributed by atoms with Gasteiger partial charge in [0.15, 0.2) is 0 Å². The van der Waals surface area contributed by atoms with Crippen LogP contribution in [-0.2, 0) is 27.2 Å². The van der Waals surface area contributed by atoms with Crippen molar-refractivity contribution in [2.45, 2.75) is 44.6 Å². The number of methoxy groups -OCH3 is 1. The molecule has 0 unspecified atom stereocenters. The van der Waals surface area contributed by atoms with Gasteiger partial charge in [-0.15, -0.1) is 0 Å². The van der Waals surface area contributed by atoms with E-state index >= 15 is 0 Å². The summed E-state index contributed by atoms with van der Waals surface area (Å²) in [6.45, 7) is 0.785. The molecule has 0 aliphatic heterocycles. The molecule has 2 aromatic rings. The number of nitrogens with zero attached hydrogens (tertiary/aromatic N) is 1. The predicted molar refractivity (Wildman–Crippen MR) is 127 cm³/mol. The van der Waals surface area contributed by atoms with E-state index in [4.69, 9.17) is 19.3 Å². The van der Waals surface area contributed by atoms with Crippen LogP contribution in [0.1, 0.15) is 36.8 Å². The summed E-state index contributed by atoms with van der Waals surface area (Å²) < 4.78 is 16.9. The number of esters is 1. The topological polar surface area (TPSA) is 85.3 Å². The normalized spacial score (nSPS) is 11.8. The number of carboxylic acid groups (broad SMARTS) is 1. The Balaban J connectivity index is 1.90. The van der Waals surface area contributed by atoms with Crippen LogP contribution < -0.4 is 9.47 Å². The van der Waals surface area contributed by atoms with Gasteiger partial charge in [0.05, 0.1) is 7.11 Å². The summed E-state index contributed by atoms with van der Waals surface area (Å²) in [5, 5.41) is 8.70. The molecule has 0 heterocycles. The molecule has 1 N–H and O–H groups in total. The molecule has 2 rings (SSSR count). The van der Waals surface area contributed by atoms with Gasteiger partial charge in [-0.05, 0) is 69.1 Å². The fourth-order valence-electron chi connectivity index (χ4n) is 3.43. The van der Waals surface area contributed by atoms with Crippen molar-refractivity contribution in [1.29, 1.82) is 0 Å². The molecule has 1 atom stereocenters. The van der Waals surface area contributed by atoms with Gasteiger partial charge < -0.3 is 24.2 Å². The Kier molecular flexibility index (Phi) is 11.2. The molecule has 33 heavy (non-hydrogen) atoms. The lowest BCUT2D eigenvalue weighted by Crippen LogP contribution is -2.35. The van der Waals surface area contributed by atoms with Crippen LogP contribution in [0.4, 0.5) is 0 Å². The van der Waals surface area contributed by atoms with Gasteiger partial charge in [-0.3, -0.25) is 9.59 Å². The first kappa shape index (κ1) is 26.2. The van der Waals surface area contributed by atoms with Gasteiger partial charge in [-0.1, -0.05) is 30.3 Å². The van der Waals surface area contributed by atoms with E-state index in [0.29, 0.717) is 19.4 Å². The summed E-state index contributed by atoms with van der Waals surface area (Å²) >= 11 is 0. The third kappa shape index (κ3) is 10.4. The third-order valence-corrected chi connectivity index (χ3v) is 5.13.